The minimum Gasteiger partial charge on any atom is -0.113 e. The summed E-state index contributed by atoms with van der Waals surface area (Å²) in [6, 6.07) is 9.88. The van der Waals surface area contributed by atoms with Crippen LogP contribution in [0.2, 0.25) is 5.02 Å². The maximum Gasteiger partial charge on any atom is 0.0857 e. The third-order valence-electron chi connectivity index (χ3n) is 2.78. The summed E-state index contributed by atoms with van der Waals surface area (Å²) in [4.78, 5) is 0. The van der Waals surface area contributed by atoms with Gasteiger partial charge in [0.15, 0.2) is 0 Å². The Morgan fingerprint density at radius 3 is 2.42 bits per heavy atom. The minimum atomic E-state index is -0.239. The van der Waals surface area contributed by atoms with E-state index in [4.69, 9.17) is 23.2 Å². The van der Waals surface area contributed by atoms with E-state index < -0.39 is 0 Å². The summed E-state index contributed by atoms with van der Waals surface area (Å²) in [7, 11) is 0. The molecule has 0 aliphatic heterocycles. The monoisotopic (exact) mass is 532 g/mol. The predicted molar refractivity (Wildman–Crippen MR) is 98.4 cm³/mol. The van der Waals surface area contributed by atoms with Crippen molar-refractivity contribution in [1.82, 2.24) is 0 Å². The molecule has 0 radical (unpaired) electrons. The number of hydrogen-bond acceptors (Lipinski definition) is 0. The fourth-order valence-electron chi connectivity index (χ4n) is 1.73. The van der Waals surface area contributed by atoms with E-state index in [9.17, 15) is 0 Å². The first-order chi connectivity index (χ1) is 8.90. The van der Waals surface area contributed by atoms with Gasteiger partial charge in [0.1, 0.15) is 0 Å². The smallest absolute Gasteiger partial charge is 0.0857 e. The Morgan fingerprint density at radius 2 is 1.74 bits per heavy atom. The summed E-state index contributed by atoms with van der Waals surface area (Å²) in [5.41, 5.74) is 3.21. The van der Waals surface area contributed by atoms with Crippen LogP contribution in [-0.2, 0) is 0 Å². The fraction of sp³-hybridized carbons (Fsp3) is 0.143. The van der Waals surface area contributed by atoms with Gasteiger partial charge in [-0.15, -0.1) is 11.6 Å². The van der Waals surface area contributed by atoms with Gasteiger partial charge in [0, 0.05) is 17.5 Å². The molecule has 1 unspecified atom stereocenters. The molecule has 5 heteroatoms. The molecule has 0 spiro atoms. The quantitative estimate of drug-likeness (QED) is 0.285. The van der Waals surface area contributed by atoms with E-state index in [1.807, 2.05) is 31.2 Å². The Kier molecular flexibility index (Phi) is 5.63. The number of aryl methyl sites for hydroxylation is 1. The van der Waals surface area contributed by atoms with Crippen LogP contribution in [0.5, 0.6) is 0 Å². The molecule has 100 valence electrons. The van der Waals surface area contributed by atoms with E-state index in [-0.39, 0.29) is 5.38 Å². The van der Waals surface area contributed by atoms with Gasteiger partial charge < -0.3 is 0 Å². The molecule has 0 nitrogen and oxygen atoms in total. The van der Waals surface area contributed by atoms with Crippen LogP contribution in [0.1, 0.15) is 22.1 Å². The Morgan fingerprint density at radius 1 is 1.05 bits per heavy atom. The third-order valence-corrected chi connectivity index (χ3v) is 6.01. The molecule has 0 amide bonds. The summed E-state index contributed by atoms with van der Waals surface area (Å²) in [6.45, 7) is 2.05. The first-order valence-corrected chi connectivity index (χ1v) is 8.92. The Balaban J connectivity index is 2.52. The van der Waals surface area contributed by atoms with Crippen LogP contribution in [-0.4, -0.2) is 0 Å². The van der Waals surface area contributed by atoms with Gasteiger partial charge in [-0.1, -0.05) is 43.5 Å². The molecule has 2 aromatic carbocycles. The van der Waals surface area contributed by atoms with Crippen molar-refractivity contribution in [2.45, 2.75) is 12.3 Å². The molecule has 0 saturated carbocycles. The molecule has 0 aliphatic carbocycles. The van der Waals surface area contributed by atoms with Crippen molar-refractivity contribution in [1.29, 1.82) is 0 Å². The number of rotatable bonds is 2. The molecule has 0 saturated heterocycles. The lowest BCUT2D eigenvalue weighted by atomic mass is 10.0. The van der Waals surface area contributed by atoms with Crippen molar-refractivity contribution >= 4 is 77.7 Å². The largest absolute Gasteiger partial charge is 0.113 e. The summed E-state index contributed by atoms with van der Waals surface area (Å²) < 4.78 is 3.16. The van der Waals surface area contributed by atoms with Gasteiger partial charge in [-0.2, -0.15) is 0 Å². The van der Waals surface area contributed by atoms with Gasteiger partial charge in [0.2, 0.25) is 0 Å². The SMILES string of the molecule is Cc1cc(Br)c(C(Cl)c2cc(Cl)ccc2I)cc1Br. The Hall–Kier alpha value is 0.710. The van der Waals surface area contributed by atoms with Crippen LogP contribution in [0.3, 0.4) is 0 Å². The second-order valence-electron chi connectivity index (χ2n) is 4.15. The maximum atomic E-state index is 6.62. The highest BCUT2D eigenvalue weighted by Crippen LogP contribution is 2.39. The van der Waals surface area contributed by atoms with E-state index in [2.05, 4.69) is 60.5 Å². The lowest BCUT2D eigenvalue weighted by molar-refractivity contribution is 1.11. The van der Waals surface area contributed by atoms with Crippen molar-refractivity contribution in [3.05, 3.63) is 64.6 Å². The molecule has 0 aliphatic rings. The highest BCUT2D eigenvalue weighted by Gasteiger charge is 2.18. The molecular formula is C14H9Br2Cl2I. The standard InChI is InChI=1S/C14H9Br2Cl2I/c1-7-4-12(16)9(6-11(7)15)14(18)10-5-8(17)2-3-13(10)19/h2-6,14H,1H3. The maximum absolute atomic E-state index is 6.62. The zero-order valence-electron chi connectivity index (χ0n) is 9.85. The molecular weight excluding hydrogens is 526 g/mol. The van der Waals surface area contributed by atoms with Crippen LogP contribution in [0.15, 0.2) is 39.3 Å². The van der Waals surface area contributed by atoms with Crippen LogP contribution >= 0.6 is 77.7 Å². The van der Waals surface area contributed by atoms with Crippen LogP contribution < -0.4 is 0 Å². The normalized spacial score (nSPS) is 12.5. The highest BCUT2D eigenvalue weighted by atomic mass is 127. The lowest BCUT2D eigenvalue weighted by Crippen LogP contribution is -1.98. The molecule has 0 bridgehead atoms. The van der Waals surface area contributed by atoms with E-state index >= 15 is 0 Å². The fourth-order valence-corrected chi connectivity index (χ4v) is 4.28. The third kappa shape index (κ3) is 3.67. The molecule has 0 N–H and O–H groups in total. The van der Waals surface area contributed by atoms with Crippen LogP contribution in [0.4, 0.5) is 0 Å². The van der Waals surface area contributed by atoms with Crippen molar-refractivity contribution in [3.63, 3.8) is 0 Å². The zero-order chi connectivity index (χ0) is 14.2. The van der Waals surface area contributed by atoms with Crippen molar-refractivity contribution in [2.75, 3.05) is 0 Å². The van der Waals surface area contributed by atoms with E-state index in [0.29, 0.717) is 5.02 Å². The summed E-state index contributed by atoms with van der Waals surface area (Å²) in [6.07, 6.45) is 0. The Bertz CT molecular complexity index is 629. The number of halogens is 5. The average Bonchev–Trinajstić information content (AvgIpc) is 2.36. The van der Waals surface area contributed by atoms with Gasteiger partial charge >= 0.3 is 0 Å². The molecule has 19 heavy (non-hydrogen) atoms. The first-order valence-electron chi connectivity index (χ1n) is 5.44. The van der Waals surface area contributed by atoms with Gasteiger partial charge in [-0.3, -0.25) is 0 Å². The number of alkyl halides is 1. The minimum absolute atomic E-state index is 0.239. The van der Waals surface area contributed by atoms with Crippen molar-refractivity contribution < 1.29 is 0 Å². The molecule has 0 heterocycles. The van der Waals surface area contributed by atoms with Crippen LogP contribution in [0, 0.1) is 10.5 Å². The summed E-state index contributed by atoms with van der Waals surface area (Å²) in [5, 5.41) is 0.459. The van der Waals surface area contributed by atoms with Crippen molar-refractivity contribution in [2.24, 2.45) is 0 Å². The topological polar surface area (TPSA) is 0 Å². The predicted octanol–water partition coefficient (Wildman–Crippen LogP) is 7.11. The highest BCUT2D eigenvalue weighted by molar-refractivity contribution is 14.1. The van der Waals surface area contributed by atoms with Crippen molar-refractivity contribution in [3.8, 4) is 0 Å². The van der Waals surface area contributed by atoms with E-state index in [0.717, 1.165) is 23.6 Å². The lowest BCUT2D eigenvalue weighted by Gasteiger charge is -2.16. The molecule has 2 aromatic rings. The van der Waals surface area contributed by atoms with E-state index in [1.54, 1.807) is 0 Å². The Labute approximate surface area is 153 Å². The molecule has 1 atom stereocenters. The molecule has 2 rings (SSSR count). The second kappa shape index (κ2) is 6.65. The van der Waals surface area contributed by atoms with E-state index in [1.165, 1.54) is 5.56 Å². The number of benzene rings is 2. The van der Waals surface area contributed by atoms with Gasteiger partial charge in [-0.05, 0) is 76.5 Å². The molecule has 0 aromatic heterocycles. The number of hydrogen-bond donors (Lipinski definition) is 0. The van der Waals surface area contributed by atoms with Gasteiger partial charge in [-0.25, -0.2) is 0 Å². The van der Waals surface area contributed by atoms with Gasteiger partial charge in [0.25, 0.3) is 0 Å². The summed E-state index contributed by atoms with van der Waals surface area (Å²) >= 11 is 22.1. The van der Waals surface area contributed by atoms with Gasteiger partial charge in [0.05, 0.1) is 5.38 Å². The second-order valence-corrected chi connectivity index (χ2v) is 7.90. The average molecular weight is 535 g/mol. The molecule has 0 fully saturated rings. The summed E-state index contributed by atoms with van der Waals surface area (Å²) in [5.74, 6) is 0. The van der Waals surface area contributed by atoms with Crippen LogP contribution in [0.25, 0.3) is 0 Å². The zero-order valence-corrected chi connectivity index (χ0v) is 16.7. The first kappa shape index (κ1) is 16.1.